The molecule has 0 radical (unpaired) electrons. The number of aromatic hydroxyl groups is 2. The smallest absolute Gasteiger partial charge is 0.161 e. The molecule has 0 bridgehead atoms. The molecule has 0 aliphatic heterocycles. The fraction of sp³-hybridized carbons (Fsp3) is 0.647. The summed E-state index contributed by atoms with van der Waals surface area (Å²) in [6.45, 7) is 6.36. The number of hydrogen-bond donors (Lipinski definition) is 2. The highest BCUT2D eigenvalue weighted by atomic mass is 16.3. The Hall–Kier alpha value is -1.18. The van der Waals surface area contributed by atoms with Gasteiger partial charge in [0, 0.05) is 5.56 Å². The molecule has 0 unspecified atom stereocenters. The summed E-state index contributed by atoms with van der Waals surface area (Å²) in [4.78, 5) is 0. The van der Waals surface area contributed by atoms with E-state index in [0.29, 0.717) is 0 Å². The van der Waals surface area contributed by atoms with Gasteiger partial charge in [-0.2, -0.15) is 0 Å². The second-order valence-electron chi connectivity index (χ2n) is 5.28. The minimum absolute atomic E-state index is 0.0906. The summed E-state index contributed by atoms with van der Waals surface area (Å²) in [6, 6.07) is 2.09. The van der Waals surface area contributed by atoms with Gasteiger partial charge in [-0.05, 0) is 43.2 Å². The number of rotatable bonds is 8. The summed E-state index contributed by atoms with van der Waals surface area (Å²) >= 11 is 0. The van der Waals surface area contributed by atoms with Crippen molar-refractivity contribution in [2.45, 2.75) is 72.1 Å². The van der Waals surface area contributed by atoms with Gasteiger partial charge in [-0.25, -0.2) is 0 Å². The second kappa shape index (κ2) is 8.08. The quantitative estimate of drug-likeness (QED) is 0.526. The van der Waals surface area contributed by atoms with Crippen molar-refractivity contribution in [2.24, 2.45) is 0 Å². The molecule has 1 aromatic rings. The van der Waals surface area contributed by atoms with Gasteiger partial charge in [0.05, 0.1) is 0 Å². The van der Waals surface area contributed by atoms with Gasteiger partial charge in [0.1, 0.15) is 0 Å². The van der Waals surface area contributed by atoms with Crippen molar-refractivity contribution >= 4 is 0 Å². The highest BCUT2D eigenvalue weighted by Crippen LogP contribution is 2.37. The lowest BCUT2D eigenvalue weighted by Crippen LogP contribution is -1.99. The van der Waals surface area contributed by atoms with Crippen LogP contribution in [0.4, 0.5) is 0 Å². The van der Waals surface area contributed by atoms with Crippen LogP contribution in [0.25, 0.3) is 0 Å². The van der Waals surface area contributed by atoms with E-state index in [1.165, 1.54) is 18.4 Å². The zero-order valence-corrected chi connectivity index (χ0v) is 12.6. The lowest BCUT2D eigenvalue weighted by atomic mass is 9.93. The van der Waals surface area contributed by atoms with Crippen LogP contribution < -0.4 is 0 Å². The molecule has 108 valence electrons. The van der Waals surface area contributed by atoms with Crippen LogP contribution in [-0.2, 0) is 19.3 Å². The zero-order valence-electron chi connectivity index (χ0n) is 12.6. The van der Waals surface area contributed by atoms with Crippen LogP contribution in [0.5, 0.6) is 11.5 Å². The molecule has 2 N–H and O–H groups in total. The Morgan fingerprint density at radius 1 is 0.789 bits per heavy atom. The fourth-order valence-corrected chi connectivity index (χ4v) is 2.50. The fourth-order valence-electron chi connectivity index (χ4n) is 2.50. The second-order valence-corrected chi connectivity index (χ2v) is 5.28. The third kappa shape index (κ3) is 4.15. The summed E-state index contributed by atoms with van der Waals surface area (Å²) in [5.41, 5.74) is 3.06. The van der Waals surface area contributed by atoms with Crippen LogP contribution in [0.15, 0.2) is 6.07 Å². The maximum absolute atomic E-state index is 10.2. The standard InChI is InChI=1S/C17H28O2/c1-4-7-9-10-14-12-13(6-3)16(18)17(19)15(14)11-8-5-2/h12,18-19H,4-11H2,1-3H3. The van der Waals surface area contributed by atoms with E-state index in [4.69, 9.17) is 0 Å². The minimum atomic E-state index is 0.0906. The van der Waals surface area contributed by atoms with E-state index >= 15 is 0 Å². The molecule has 0 aromatic heterocycles. The van der Waals surface area contributed by atoms with Crippen molar-refractivity contribution in [3.63, 3.8) is 0 Å². The van der Waals surface area contributed by atoms with Gasteiger partial charge in [0.2, 0.25) is 0 Å². The molecule has 0 saturated heterocycles. The minimum Gasteiger partial charge on any atom is -0.504 e. The van der Waals surface area contributed by atoms with E-state index in [0.717, 1.165) is 49.7 Å². The van der Waals surface area contributed by atoms with Crippen LogP contribution >= 0.6 is 0 Å². The van der Waals surface area contributed by atoms with E-state index in [9.17, 15) is 10.2 Å². The topological polar surface area (TPSA) is 40.5 Å². The normalized spacial score (nSPS) is 10.9. The molecule has 0 atom stereocenters. The summed E-state index contributed by atoms with van der Waals surface area (Å²) in [7, 11) is 0. The summed E-state index contributed by atoms with van der Waals surface area (Å²) in [5.74, 6) is 0.215. The highest BCUT2D eigenvalue weighted by molar-refractivity contribution is 5.54. The van der Waals surface area contributed by atoms with Gasteiger partial charge in [0.25, 0.3) is 0 Å². The molecule has 0 aliphatic carbocycles. The van der Waals surface area contributed by atoms with Gasteiger partial charge >= 0.3 is 0 Å². The molecule has 2 nitrogen and oxygen atoms in total. The Morgan fingerprint density at radius 2 is 1.47 bits per heavy atom. The van der Waals surface area contributed by atoms with Crippen LogP contribution in [0, 0.1) is 0 Å². The number of phenols is 2. The maximum Gasteiger partial charge on any atom is 0.161 e. The lowest BCUT2D eigenvalue weighted by molar-refractivity contribution is 0.394. The monoisotopic (exact) mass is 264 g/mol. The molecule has 0 fully saturated rings. The van der Waals surface area contributed by atoms with Crippen molar-refractivity contribution < 1.29 is 10.2 Å². The van der Waals surface area contributed by atoms with Crippen LogP contribution in [0.1, 0.15) is 69.6 Å². The predicted molar refractivity (Wildman–Crippen MR) is 81.0 cm³/mol. The Morgan fingerprint density at radius 3 is 2.05 bits per heavy atom. The summed E-state index contributed by atoms with van der Waals surface area (Å²) in [5, 5.41) is 20.2. The van der Waals surface area contributed by atoms with Gasteiger partial charge < -0.3 is 10.2 Å². The molecule has 2 heteroatoms. The van der Waals surface area contributed by atoms with Crippen LogP contribution in [0.3, 0.4) is 0 Å². The molecular formula is C17H28O2. The van der Waals surface area contributed by atoms with Crippen molar-refractivity contribution in [3.05, 3.63) is 22.8 Å². The van der Waals surface area contributed by atoms with Gasteiger partial charge in [-0.1, -0.05) is 46.1 Å². The van der Waals surface area contributed by atoms with Gasteiger partial charge in [-0.3, -0.25) is 0 Å². The molecule has 19 heavy (non-hydrogen) atoms. The van der Waals surface area contributed by atoms with Crippen LogP contribution in [0.2, 0.25) is 0 Å². The number of aryl methyl sites for hydroxylation is 2. The molecule has 0 heterocycles. The van der Waals surface area contributed by atoms with E-state index in [2.05, 4.69) is 19.9 Å². The van der Waals surface area contributed by atoms with E-state index in [1.807, 2.05) is 6.92 Å². The SMILES string of the molecule is CCCCCc1cc(CC)c(O)c(O)c1CCCC. The van der Waals surface area contributed by atoms with Gasteiger partial charge in [-0.15, -0.1) is 0 Å². The van der Waals surface area contributed by atoms with Crippen molar-refractivity contribution in [2.75, 3.05) is 0 Å². The number of phenolic OH excluding ortho intramolecular Hbond substituents is 2. The Bertz CT molecular complexity index is 397. The number of benzene rings is 1. The molecule has 0 spiro atoms. The maximum atomic E-state index is 10.2. The van der Waals surface area contributed by atoms with Crippen molar-refractivity contribution in [1.29, 1.82) is 0 Å². The average Bonchev–Trinajstić information content (AvgIpc) is 2.42. The zero-order chi connectivity index (χ0) is 14.3. The van der Waals surface area contributed by atoms with Crippen molar-refractivity contribution in [3.8, 4) is 11.5 Å². The number of unbranched alkanes of at least 4 members (excludes halogenated alkanes) is 3. The predicted octanol–water partition coefficient (Wildman–Crippen LogP) is 4.74. The van der Waals surface area contributed by atoms with Crippen molar-refractivity contribution in [1.82, 2.24) is 0 Å². The van der Waals surface area contributed by atoms with Gasteiger partial charge in [0.15, 0.2) is 11.5 Å². The molecule has 0 saturated carbocycles. The van der Waals surface area contributed by atoms with E-state index < -0.39 is 0 Å². The molecule has 1 rings (SSSR count). The first-order chi connectivity index (χ1) is 9.15. The van der Waals surface area contributed by atoms with E-state index in [1.54, 1.807) is 0 Å². The number of hydrogen-bond acceptors (Lipinski definition) is 2. The molecule has 1 aromatic carbocycles. The Kier molecular flexibility index (Phi) is 6.75. The summed E-state index contributed by atoms with van der Waals surface area (Å²) < 4.78 is 0. The third-order valence-electron chi connectivity index (χ3n) is 3.76. The first-order valence-electron chi connectivity index (χ1n) is 7.71. The third-order valence-corrected chi connectivity index (χ3v) is 3.76. The van der Waals surface area contributed by atoms with E-state index in [-0.39, 0.29) is 11.5 Å². The molecule has 0 aliphatic rings. The first-order valence-corrected chi connectivity index (χ1v) is 7.71. The highest BCUT2D eigenvalue weighted by Gasteiger charge is 2.15. The molecule has 0 amide bonds. The average molecular weight is 264 g/mol. The Balaban J connectivity index is 3.04. The summed E-state index contributed by atoms with van der Waals surface area (Å²) in [6.07, 6.45) is 8.36. The first kappa shape index (κ1) is 15.9. The van der Waals surface area contributed by atoms with Crippen LogP contribution in [-0.4, -0.2) is 10.2 Å². The Labute approximate surface area is 117 Å². The molecular weight excluding hydrogens is 236 g/mol. The largest absolute Gasteiger partial charge is 0.504 e. The lowest BCUT2D eigenvalue weighted by Gasteiger charge is -2.15.